The SMILES string of the molecule is CC(NC(=O)c1ccc(C(C)(C)C)cc1)C(=O)NC1CCCc2ccccc21. The van der Waals surface area contributed by atoms with Crippen molar-refractivity contribution in [2.24, 2.45) is 0 Å². The van der Waals surface area contributed by atoms with Crippen molar-refractivity contribution in [3.8, 4) is 0 Å². The minimum absolute atomic E-state index is 0.0165. The molecule has 1 aliphatic rings. The highest BCUT2D eigenvalue weighted by Gasteiger charge is 2.24. The number of carbonyl (C=O) groups is 2. The largest absolute Gasteiger partial charge is 0.348 e. The van der Waals surface area contributed by atoms with Gasteiger partial charge in [-0.2, -0.15) is 0 Å². The lowest BCUT2D eigenvalue weighted by atomic mass is 9.86. The molecule has 4 nitrogen and oxygen atoms in total. The Morgan fingerprint density at radius 3 is 2.39 bits per heavy atom. The quantitative estimate of drug-likeness (QED) is 0.833. The van der Waals surface area contributed by atoms with Crippen molar-refractivity contribution in [3.05, 3.63) is 70.8 Å². The van der Waals surface area contributed by atoms with E-state index in [0.29, 0.717) is 5.56 Å². The van der Waals surface area contributed by atoms with E-state index < -0.39 is 6.04 Å². The van der Waals surface area contributed by atoms with Crippen LogP contribution in [0.2, 0.25) is 0 Å². The fraction of sp³-hybridized carbons (Fsp3) is 0.417. The predicted molar refractivity (Wildman–Crippen MR) is 112 cm³/mol. The highest BCUT2D eigenvalue weighted by molar-refractivity contribution is 5.97. The van der Waals surface area contributed by atoms with E-state index in [2.05, 4.69) is 43.5 Å². The molecule has 2 aromatic carbocycles. The lowest BCUT2D eigenvalue weighted by Gasteiger charge is -2.27. The lowest BCUT2D eigenvalue weighted by molar-refractivity contribution is -0.123. The minimum Gasteiger partial charge on any atom is -0.348 e. The summed E-state index contributed by atoms with van der Waals surface area (Å²) in [5, 5.41) is 5.92. The van der Waals surface area contributed by atoms with E-state index in [1.807, 2.05) is 36.4 Å². The average Bonchev–Trinajstić information content (AvgIpc) is 2.67. The van der Waals surface area contributed by atoms with E-state index in [1.165, 1.54) is 16.7 Å². The van der Waals surface area contributed by atoms with Gasteiger partial charge in [-0.3, -0.25) is 9.59 Å². The van der Waals surface area contributed by atoms with Crippen LogP contribution >= 0.6 is 0 Å². The molecule has 0 radical (unpaired) electrons. The Hall–Kier alpha value is -2.62. The Kier molecular flexibility index (Phi) is 5.87. The topological polar surface area (TPSA) is 58.2 Å². The van der Waals surface area contributed by atoms with Crippen LogP contribution in [0.3, 0.4) is 0 Å². The third kappa shape index (κ3) is 4.61. The smallest absolute Gasteiger partial charge is 0.251 e. The summed E-state index contributed by atoms with van der Waals surface area (Å²) in [6.45, 7) is 8.14. The molecular formula is C24H30N2O2. The van der Waals surface area contributed by atoms with Gasteiger partial charge in [0, 0.05) is 5.56 Å². The van der Waals surface area contributed by atoms with Crippen molar-refractivity contribution in [2.45, 2.75) is 64.5 Å². The first-order chi connectivity index (χ1) is 13.3. The zero-order valence-electron chi connectivity index (χ0n) is 17.2. The van der Waals surface area contributed by atoms with Gasteiger partial charge in [-0.05, 0) is 60.4 Å². The maximum atomic E-state index is 12.6. The first kappa shape index (κ1) is 20.1. The molecule has 2 unspecified atom stereocenters. The summed E-state index contributed by atoms with van der Waals surface area (Å²) in [4.78, 5) is 25.2. The summed E-state index contributed by atoms with van der Waals surface area (Å²) in [6, 6.07) is 15.3. The Morgan fingerprint density at radius 1 is 1.04 bits per heavy atom. The molecule has 0 saturated carbocycles. The third-order valence-electron chi connectivity index (χ3n) is 5.44. The summed E-state index contributed by atoms with van der Waals surface area (Å²) >= 11 is 0. The second-order valence-electron chi connectivity index (χ2n) is 8.67. The second-order valence-corrected chi connectivity index (χ2v) is 8.67. The van der Waals surface area contributed by atoms with Crippen molar-refractivity contribution < 1.29 is 9.59 Å². The number of fused-ring (bicyclic) bond motifs is 1. The van der Waals surface area contributed by atoms with Crippen LogP contribution in [0.5, 0.6) is 0 Å². The summed E-state index contributed by atoms with van der Waals surface area (Å²) in [5.41, 5.74) is 4.27. The second kappa shape index (κ2) is 8.17. The number of hydrogen-bond acceptors (Lipinski definition) is 2. The van der Waals surface area contributed by atoms with E-state index in [1.54, 1.807) is 6.92 Å². The van der Waals surface area contributed by atoms with Crippen LogP contribution in [-0.2, 0) is 16.6 Å². The summed E-state index contributed by atoms with van der Waals surface area (Å²) in [6.07, 6.45) is 3.04. The van der Waals surface area contributed by atoms with Gasteiger partial charge in [-0.1, -0.05) is 57.2 Å². The maximum absolute atomic E-state index is 12.6. The highest BCUT2D eigenvalue weighted by Crippen LogP contribution is 2.29. The molecule has 28 heavy (non-hydrogen) atoms. The van der Waals surface area contributed by atoms with Crippen LogP contribution in [0.1, 0.15) is 73.6 Å². The first-order valence-corrected chi connectivity index (χ1v) is 10.1. The van der Waals surface area contributed by atoms with Gasteiger partial charge in [0.1, 0.15) is 6.04 Å². The zero-order chi connectivity index (χ0) is 20.3. The average molecular weight is 379 g/mol. The molecule has 0 heterocycles. The summed E-state index contributed by atoms with van der Waals surface area (Å²) in [7, 11) is 0. The van der Waals surface area contributed by atoms with Crippen molar-refractivity contribution in [2.75, 3.05) is 0 Å². The predicted octanol–water partition coefficient (Wildman–Crippen LogP) is 4.30. The molecule has 1 aliphatic carbocycles. The number of carbonyl (C=O) groups excluding carboxylic acids is 2. The van der Waals surface area contributed by atoms with Gasteiger partial charge in [0.05, 0.1) is 6.04 Å². The molecule has 0 aromatic heterocycles. The van der Waals surface area contributed by atoms with E-state index in [9.17, 15) is 9.59 Å². The lowest BCUT2D eigenvalue weighted by Crippen LogP contribution is -2.46. The molecule has 2 atom stereocenters. The van der Waals surface area contributed by atoms with Gasteiger partial charge < -0.3 is 10.6 Å². The molecule has 0 bridgehead atoms. The van der Waals surface area contributed by atoms with Crippen molar-refractivity contribution in [3.63, 3.8) is 0 Å². The van der Waals surface area contributed by atoms with Crippen LogP contribution in [0.4, 0.5) is 0 Å². The molecule has 148 valence electrons. The number of amides is 2. The van der Waals surface area contributed by atoms with E-state index in [4.69, 9.17) is 0 Å². The van der Waals surface area contributed by atoms with Gasteiger partial charge in [0.15, 0.2) is 0 Å². The van der Waals surface area contributed by atoms with Crippen molar-refractivity contribution in [1.82, 2.24) is 10.6 Å². The zero-order valence-corrected chi connectivity index (χ0v) is 17.2. The normalized spacial score (nSPS) is 17.4. The van der Waals surface area contributed by atoms with Crippen LogP contribution in [0, 0.1) is 0 Å². The Morgan fingerprint density at radius 2 is 1.71 bits per heavy atom. The van der Waals surface area contributed by atoms with Gasteiger partial charge in [-0.25, -0.2) is 0 Å². The van der Waals surface area contributed by atoms with Crippen LogP contribution < -0.4 is 10.6 Å². The number of aryl methyl sites for hydroxylation is 1. The van der Waals surface area contributed by atoms with E-state index in [-0.39, 0.29) is 23.3 Å². The number of hydrogen-bond donors (Lipinski definition) is 2. The molecule has 0 spiro atoms. The number of nitrogens with one attached hydrogen (secondary N) is 2. The fourth-order valence-electron chi connectivity index (χ4n) is 3.67. The van der Waals surface area contributed by atoms with Gasteiger partial charge >= 0.3 is 0 Å². The number of benzene rings is 2. The Bertz CT molecular complexity index is 850. The molecule has 2 N–H and O–H groups in total. The fourth-order valence-corrected chi connectivity index (χ4v) is 3.67. The monoisotopic (exact) mass is 378 g/mol. The van der Waals surface area contributed by atoms with Gasteiger partial charge in [0.25, 0.3) is 5.91 Å². The standard InChI is InChI=1S/C24H30N2O2/c1-16(25-23(28)18-12-14-19(15-13-18)24(2,3)4)22(27)26-21-11-7-9-17-8-5-6-10-20(17)21/h5-6,8,10,12-16,21H,7,9,11H2,1-4H3,(H,25,28)(H,26,27). The molecule has 3 rings (SSSR count). The van der Waals surface area contributed by atoms with Crippen LogP contribution in [-0.4, -0.2) is 17.9 Å². The highest BCUT2D eigenvalue weighted by atomic mass is 16.2. The van der Waals surface area contributed by atoms with Gasteiger partial charge in [-0.15, -0.1) is 0 Å². The van der Waals surface area contributed by atoms with Gasteiger partial charge in [0.2, 0.25) is 5.91 Å². The Labute approximate surface area is 167 Å². The summed E-state index contributed by atoms with van der Waals surface area (Å²) < 4.78 is 0. The third-order valence-corrected chi connectivity index (χ3v) is 5.44. The Balaban J connectivity index is 1.61. The number of rotatable bonds is 4. The van der Waals surface area contributed by atoms with E-state index >= 15 is 0 Å². The molecule has 2 aromatic rings. The minimum atomic E-state index is -0.594. The van der Waals surface area contributed by atoms with Crippen LogP contribution in [0.25, 0.3) is 0 Å². The maximum Gasteiger partial charge on any atom is 0.251 e. The molecule has 4 heteroatoms. The first-order valence-electron chi connectivity index (χ1n) is 10.1. The molecule has 2 amide bonds. The molecular weight excluding hydrogens is 348 g/mol. The molecule has 0 fully saturated rings. The van der Waals surface area contributed by atoms with Crippen LogP contribution in [0.15, 0.2) is 48.5 Å². The molecule has 0 saturated heterocycles. The van der Waals surface area contributed by atoms with E-state index in [0.717, 1.165) is 19.3 Å². The molecule has 0 aliphatic heterocycles. The van der Waals surface area contributed by atoms with Crippen molar-refractivity contribution in [1.29, 1.82) is 0 Å². The van der Waals surface area contributed by atoms with Crippen molar-refractivity contribution >= 4 is 11.8 Å². The summed E-state index contributed by atoms with van der Waals surface area (Å²) in [5.74, 6) is -0.381.